The maximum absolute atomic E-state index is 12.6. The van der Waals surface area contributed by atoms with Gasteiger partial charge in [0.15, 0.2) is 0 Å². The van der Waals surface area contributed by atoms with Crippen molar-refractivity contribution in [1.29, 1.82) is 0 Å². The third-order valence-electron chi connectivity index (χ3n) is 6.49. The van der Waals surface area contributed by atoms with Gasteiger partial charge in [0.1, 0.15) is 0 Å². The van der Waals surface area contributed by atoms with Crippen LogP contribution in [0.15, 0.2) is 0 Å². The summed E-state index contributed by atoms with van der Waals surface area (Å²) in [7, 11) is 0. The number of amides is 2. The van der Waals surface area contributed by atoms with Crippen molar-refractivity contribution in [1.82, 2.24) is 20.0 Å². The zero-order valence-corrected chi connectivity index (χ0v) is 16.6. The van der Waals surface area contributed by atoms with Crippen molar-refractivity contribution >= 4 is 11.8 Å². The number of piperazine rings is 1. The van der Waals surface area contributed by atoms with E-state index < -0.39 is 0 Å². The molecule has 3 aliphatic rings. The highest BCUT2D eigenvalue weighted by Gasteiger charge is 2.31. The van der Waals surface area contributed by atoms with Gasteiger partial charge in [-0.3, -0.25) is 19.4 Å². The summed E-state index contributed by atoms with van der Waals surface area (Å²) in [5.74, 6) is 0.849. The maximum Gasteiger partial charge on any atom is 0.236 e. The summed E-state index contributed by atoms with van der Waals surface area (Å²) in [6.45, 7) is 10.3. The maximum atomic E-state index is 12.6. The Kier molecular flexibility index (Phi) is 6.92. The minimum absolute atomic E-state index is 0.157. The van der Waals surface area contributed by atoms with E-state index in [1.54, 1.807) is 0 Å². The van der Waals surface area contributed by atoms with E-state index in [1.165, 1.54) is 19.3 Å². The van der Waals surface area contributed by atoms with Crippen molar-refractivity contribution in [2.24, 2.45) is 5.92 Å². The second kappa shape index (κ2) is 9.18. The number of carbonyl (C=O) groups is 2. The van der Waals surface area contributed by atoms with Crippen LogP contribution in [-0.4, -0.2) is 84.4 Å². The quantitative estimate of drug-likeness (QED) is 0.740. The van der Waals surface area contributed by atoms with Crippen LogP contribution >= 0.6 is 0 Å². The van der Waals surface area contributed by atoms with Gasteiger partial charge in [0.05, 0.1) is 6.54 Å². The van der Waals surface area contributed by atoms with Crippen LogP contribution < -0.4 is 5.32 Å². The Bertz CT molecular complexity index is 486. The summed E-state index contributed by atoms with van der Waals surface area (Å²) >= 11 is 0. The molecule has 3 fully saturated rings. The van der Waals surface area contributed by atoms with Crippen LogP contribution in [0.2, 0.25) is 0 Å². The predicted molar refractivity (Wildman–Crippen MR) is 103 cm³/mol. The standard InChI is InChI=1S/C20H36N4O2/c1-3-16(2)13-19(25)21-17-7-8-22(14-17)15-20(26)24-11-9-23(10-12-24)18-5-4-6-18/h16-18H,3-15H2,1-2H3,(H,21,25). The highest BCUT2D eigenvalue weighted by Crippen LogP contribution is 2.25. The van der Waals surface area contributed by atoms with Gasteiger partial charge >= 0.3 is 0 Å². The van der Waals surface area contributed by atoms with Crippen LogP contribution in [0.4, 0.5) is 0 Å². The second-order valence-corrected chi connectivity index (χ2v) is 8.51. The van der Waals surface area contributed by atoms with Gasteiger partial charge < -0.3 is 10.2 Å². The Morgan fingerprint density at radius 3 is 2.42 bits per heavy atom. The molecule has 0 aromatic carbocycles. The second-order valence-electron chi connectivity index (χ2n) is 8.51. The van der Waals surface area contributed by atoms with E-state index in [4.69, 9.17) is 0 Å². The Morgan fingerprint density at radius 2 is 1.81 bits per heavy atom. The largest absolute Gasteiger partial charge is 0.352 e. The molecule has 2 unspecified atom stereocenters. The monoisotopic (exact) mass is 364 g/mol. The smallest absolute Gasteiger partial charge is 0.236 e. The zero-order valence-electron chi connectivity index (χ0n) is 16.6. The SMILES string of the molecule is CCC(C)CC(=O)NC1CCN(CC(=O)N2CCN(C3CCC3)CC2)C1. The predicted octanol–water partition coefficient (Wildman–Crippen LogP) is 1.31. The molecule has 6 nitrogen and oxygen atoms in total. The number of hydrogen-bond acceptors (Lipinski definition) is 4. The lowest BCUT2D eigenvalue weighted by atomic mass is 9.91. The number of rotatable bonds is 7. The molecule has 1 N–H and O–H groups in total. The van der Waals surface area contributed by atoms with Crippen molar-refractivity contribution in [3.8, 4) is 0 Å². The number of likely N-dealkylation sites (tertiary alicyclic amines) is 1. The minimum Gasteiger partial charge on any atom is -0.352 e. The molecule has 2 atom stereocenters. The van der Waals surface area contributed by atoms with E-state index in [2.05, 4.69) is 29.0 Å². The lowest BCUT2D eigenvalue weighted by Crippen LogP contribution is -2.55. The molecule has 2 aliphatic heterocycles. The van der Waals surface area contributed by atoms with E-state index in [1.807, 2.05) is 4.90 Å². The first-order chi connectivity index (χ1) is 12.5. The van der Waals surface area contributed by atoms with Gasteiger partial charge in [-0.2, -0.15) is 0 Å². The molecule has 2 amide bonds. The van der Waals surface area contributed by atoms with E-state index in [0.29, 0.717) is 18.9 Å². The van der Waals surface area contributed by atoms with Crippen LogP contribution in [0, 0.1) is 5.92 Å². The third-order valence-corrected chi connectivity index (χ3v) is 6.49. The van der Waals surface area contributed by atoms with Crippen LogP contribution in [0.3, 0.4) is 0 Å². The molecule has 148 valence electrons. The van der Waals surface area contributed by atoms with Crippen molar-refractivity contribution in [3.63, 3.8) is 0 Å². The van der Waals surface area contributed by atoms with Crippen LogP contribution in [0.1, 0.15) is 52.4 Å². The van der Waals surface area contributed by atoms with E-state index >= 15 is 0 Å². The first-order valence-electron chi connectivity index (χ1n) is 10.6. The molecular weight excluding hydrogens is 328 g/mol. The van der Waals surface area contributed by atoms with Gasteiger partial charge in [0.2, 0.25) is 11.8 Å². The Labute approximate surface area is 158 Å². The minimum atomic E-state index is 0.157. The molecule has 1 saturated carbocycles. The van der Waals surface area contributed by atoms with Crippen LogP contribution in [0.5, 0.6) is 0 Å². The molecule has 0 radical (unpaired) electrons. The fourth-order valence-electron chi connectivity index (χ4n) is 4.22. The summed E-state index contributed by atoms with van der Waals surface area (Å²) in [4.78, 5) is 31.5. The summed E-state index contributed by atoms with van der Waals surface area (Å²) < 4.78 is 0. The van der Waals surface area contributed by atoms with E-state index in [9.17, 15) is 9.59 Å². The molecule has 2 heterocycles. The fraction of sp³-hybridized carbons (Fsp3) is 0.900. The Morgan fingerprint density at radius 1 is 1.08 bits per heavy atom. The Balaban J connectivity index is 1.34. The number of nitrogens with zero attached hydrogens (tertiary/aromatic N) is 3. The van der Waals surface area contributed by atoms with Gasteiger partial charge in [0, 0.05) is 57.8 Å². The molecule has 0 aromatic heterocycles. The third kappa shape index (κ3) is 5.19. The van der Waals surface area contributed by atoms with Crippen molar-refractivity contribution in [2.45, 2.75) is 64.5 Å². The molecular formula is C20H36N4O2. The Hall–Kier alpha value is -1.14. The van der Waals surface area contributed by atoms with Crippen molar-refractivity contribution in [3.05, 3.63) is 0 Å². The lowest BCUT2D eigenvalue weighted by Gasteiger charge is -2.43. The summed E-state index contributed by atoms with van der Waals surface area (Å²) in [5, 5.41) is 3.15. The molecule has 0 bridgehead atoms. The van der Waals surface area contributed by atoms with Crippen molar-refractivity contribution in [2.75, 3.05) is 45.8 Å². The van der Waals surface area contributed by atoms with E-state index in [-0.39, 0.29) is 17.9 Å². The van der Waals surface area contributed by atoms with Gasteiger partial charge in [-0.15, -0.1) is 0 Å². The molecule has 3 rings (SSSR count). The lowest BCUT2D eigenvalue weighted by molar-refractivity contribution is -0.134. The fourth-order valence-corrected chi connectivity index (χ4v) is 4.22. The number of hydrogen-bond donors (Lipinski definition) is 1. The highest BCUT2D eigenvalue weighted by atomic mass is 16.2. The summed E-state index contributed by atoms with van der Waals surface area (Å²) in [5.41, 5.74) is 0. The van der Waals surface area contributed by atoms with Crippen molar-refractivity contribution < 1.29 is 9.59 Å². The summed E-state index contributed by atoms with van der Waals surface area (Å²) in [6, 6.07) is 0.987. The van der Waals surface area contributed by atoms with Gasteiger partial charge in [-0.1, -0.05) is 26.7 Å². The first-order valence-corrected chi connectivity index (χ1v) is 10.6. The average Bonchev–Trinajstić information content (AvgIpc) is 3.00. The molecule has 6 heteroatoms. The van der Waals surface area contributed by atoms with Gasteiger partial charge in [-0.25, -0.2) is 0 Å². The average molecular weight is 365 g/mol. The molecule has 0 spiro atoms. The molecule has 2 saturated heterocycles. The molecule has 1 aliphatic carbocycles. The van der Waals surface area contributed by atoms with Gasteiger partial charge in [-0.05, 0) is 25.2 Å². The van der Waals surface area contributed by atoms with Crippen LogP contribution in [-0.2, 0) is 9.59 Å². The normalized spacial score (nSPS) is 26.5. The van der Waals surface area contributed by atoms with E-state index in [0.717, 1.165) is 58.2 Å². The van der Waals surface area contributed by atoms with Gasteiger partial charge in [0.25, 0.3) is 0 Å². The van der Waals surface area contributed by atoms with Crippen LogP contribution in [0.25, 0.3) is 0 Å². The summed E-state index contributed by atoms with van der Waals surface area (Å²) in [6.07, 6.45) is 6.64. The molecule has 0 aromatic rings. The molecule has 26 heavy (non-hydrogen) atoms. The number of nitrogens with one attached hydrogen (secondary N) is 1. The number of carbonyl (C=O) groups excluding carboxylic acids is 2. The highest BCUT2D eigenvalue weighted by molar-refractivity contribution is 5.78. The first kappa shape index (κ1) is 19.6. The topological polar surface area (TPSA) is 55.9 Å². The zero-order chi connectivity index (χ0) is 18.5.